The number of carbonyl (C=O) groups is 1. The average molecular weight is 372 g/mol. The molecule has 2 aromatic rings. The molecule has 1 heterocycles. The number of nitrogens with one attached hydrogen (secondary N) is 1. The number of imidazole rings is 1. The molecule has 1 aliphatic rings. The molecule has 1 N–H and O–H groups in total. The molecule has 6 heteroatoms. The first-order chi connectivity index (χ1) is 12.7. The number of H-pyrrole nitrogens is 1. The molecule has 1 aliphatic carbocycles. The first kappa shape index (κ1) is 19.5. The van der Waals surface area contributed by atoms with Gasteiger partial charge in [0.05, 0.1) is 24.0 Å². The molecular weight excluding hydrogens is 343 g/mol. The molecule has 27 heavy (non-hydrogen) atoms. The molecule has 1 fully saturated rings. The zero-order valence-electron chi connectivity index (χ0n) is 16.8. The highest BCUT2D eigenvalue weighted by atomic mass is 19.1. The number of likely N-dealkylation sites (N-methyl/N-ethyl adjacent to an activating group) is 1. The number of aromatic amines is 1. The number of hydrogen-bond donors (Lipinski definition) is 1. The van der Waals surface area contributed by atoms with Crippen molar-refractivity contribution in [2.24, 2.45) is 5.41 Å². The number of aromatic nitrogens is 2. The summed E-state index contributed by atoms with van der Waals surface area (Å²) < 4.78 is 13.4. The summed E-state index contributed by atoms with van der Waals surface area (Å²) in [6, 6.07) is 6.40. The molecule has 1 aromatic carbocycles. The van der Waals surface area contributed by atoms with E-state index < -0.39 is 5.41 Å². The molecule has 1 aromatic heterocycles. The van der Waals surface area contributed by atoms with Crippen LogP contribution in [0.2, 0.25) is 0 Å². The van der Waals surface area contributed by atoms with Gasteiger partial charge in [-0.1, -0.05) is 26.0 Å². The van der Waals surface area contributed by atoms with E-state index in [1.54, 1.807) is 18.5 Å². The van der Waals surface area contributed by atoms with Crippen LogP contribution in [0.1, 0.15) is 37.2 Å². The van der Waals surface area contributed by atoms with Gasteiger partial charge < -0.3 is 14.8 Å². The summed E-state index contributed by atoms with van der Waals surface area (Å²) in [5.41, 5.74) is 2.00. The minimum atomic E-state index is -0.600. The second-order valence-electron chi connectivity index (χ2n) is 8.48. The van der Waals surface area contributed by atoms with Crippen molar-refractivity contribution in [2.75, 3.05) is 27.2 Å². The highest BCUT2D eigenvalue weighted by molar-refractivity contribution is 5.93. The normalized spacial score (nSPS) is 20.7. The Morgan fingerprint density at radius 3 is 2.33 bits per heavy atom. The molecule has 0 saturated heterocycles. The molecule has 0 bridgehead atoms. The minimum Gasteiger partial charge on any atom is -0.348 e. The van der Waals surface area contributed by atoms with Crippen LogP contribution in [0, 0.1) is 18.2 Å². The quantitative estimate of drug-likeness (QED) is 0.812. The van der Waals surface area contributed by atoms with Gasteiger partial charge in [0.15, 0.2) is 0 Å². The van der Waals surface area contributed by atoms with Gasteiger partial charge in [-0.2, -0.15) is 0 Å². The minimum absolute atomic E-state index is 0.100. The fourth-order valence-electron chi connectivity index (χ4n) is 3.90. The molecular formula is C21H29FN4O. The lowest BCUT2D eigenvalue weighted by atomic mass is 9.86. The van der Waals surface area contributed by atoms with E-state index in [1.807, 2.05) is 25.9 Å². The van der Waals surface area contributed by atoms with Crippen LogP contribution >= 0.6 is 0 Å². The predicted octanol–water partition coefficient (Wildman–Crippen LogP) is 3.12. The summed E-state index contributed by atoms with van der Waals surface area (Å²) in [5, 5.41) is 0. The van der Waals surface area contributed by atoms with Crippen molar-refractivity contribution in [1.29, 1.82) is 0 Å². The summed E-state index contributed by atoms with van der Waals surface area (Å²) in [7, 11) is 4.00. The Balaban J connectivity index is 1.93. The summed E-state index contributed by atoms with van der Waals surface area (Å²) in [5.74, 6) is -0.181. The van der Waals surface area contributed by atoms with Crippen molar-refractivity contribution < 1.29 is 9.18 Å². The molecule has 1 saturated carbocycles. The van der Waals surface area contributed by atoms with Crippen molar-refractivity contribution in [1.82, 2.24) is 19.8 Å². The third-order valence-corrected chi connectivity index (χ3v) is 5.82. The largest absolute Gasteiger partial charge is 0.348 e. The van der Waals surface area contributed by atoms with Crippen LogP contribution in [-0.4, -0.2) is 52.9 Å². The first-order valence-electron chi connectivity index (χ1n) is 9.36. The summed E-state index contributed by atoms with van der Waals surface area (Å²) in [6.45, 7) is 8.05. The van der Waals surface area contributed by atoms with Gasteiger partial charge >= 0.3 is 0 Å². The molecule has 3 rings (SSSR count). The van der Waals surface area contributed by atoms with Crippen molar-refractivity contribution in [3.05, 3.63) is 53.4 Å². The number of benzene rings is 1. The Morgan fingerprint density at radius 1 is 1.22 bits per heavy atom. The SMILES string of the molecule is Cc1[nH]cnc1CN(CCN(C)C)C(=O)C1(c2ccc(F)cc2)CC1(C)C. The van der Waals surface area contributed by atoms with Crippen molar-refractivity contribution in [3.63, 3.8) is 0 Å². The molecule has 0 spiro atoms. The highest BCUT2D eigenvalue weighted by Gasteiger charge is 2.67. The molecule has 0 aliphatic heterocycles. The van der Waals surface area contributed by atoms with E-state index in [9.17, 15) is 9.18 Å². The smallest absolute Gasteiger partial charge is 0.234 e. The van der Waals surface area contributed by atoms with E-state index >= 15 is 0 Å². The van der Waals surface area contributed by atoms with E-state index in [-0.39, 0.29) is 17.1 Å². The van der Waals surface area contributed by atoms with Gasteiger partial charge in [-0.3, -0.25) is 4.79 Å². The maximum Gasteiger partial charge on any atom is 0.234 e. The standard InChI is InChI=1S/C21H29FN4O/c1-15-18(24-14-23-15)12-26(11-10-25(4)5)19(27)21(13-20(21,2)3)16-6-8-17(22)9-7-16/h6-9,14H,10-13H2,1-5H3,(H,23,24). The van der Waals surface area contributed by atoms with Gasteiger partial charge in [0, 0.05) is 18.8 Å². The number of hydrogen-bond acceptors (Lipinski definition) is 3. The average Bonchev–Trinajstić information content (AvgIpc) is 2.97. The number of aryl methyl sites for hydroxylation is 1. The maximum absolute atomic E-state index is 13.8. The molecule has 1 amide bonds. The van der Waals surface area contributed by atoms with Gasteiger partial charge in [-0.05, 0) is 50.6 Å². The third kappa shape index (κ3) is 3.63. The Morgan fingerprint density at radius 2 is 1.85 bits per heavy atom. The fraction of sp³-hybridized carbons (Fsp3) is 0.524. The number of halogens is 1. The lowest BCUT2D eigenvalue weighted by Crippen LogP contribution is -2.44. The predicted molar refractivity (Wildman–Crippen MR) is 104 cm³/mol. The third-order valence-electron chi connectivity index (χ3n) is 5.82. The van der Waals surface area contributed by atoms with Crippen LogP contribution in [0.3, 0.4) is 0 Å². The lowest BCUT2D eigenvalue weighted by Gasteiger charge is -2.30. The highest BCUT2D eigenvalue weighted by Crippen LogP contribution is 2.65. The van der Waals surface area contributed by atoms with Gasteiger partial charge in [-0.15, -0.1) is 0 Å². The number of nitrogens with zero attached hydrogens (tertiary/aromatic N) is 3. The lowest BCUT2D eigenvalue weighted by molar-refractivity contribution is -0.135. The van der Waals surface area contributed by atoms with E-state index in [1.165, 1.54) is 12.1 Å². The Bertz CT molecular complexity index is 812. The Hall–Kier alpha value is -2.21. The monoisotopic (exact) mass is 372 g/mol. The molecule has 5 nitrogen and oxygen atoms in total. The van der Waals surface area contributed by atoms with Gasteiger partial charge in [0.2, 0.25) is 5.91 Å². The number of carbonyl (C=O) groups excluding carboxylic acids is 1. The van der Waals surface area contributed by atoms with Crippen molar-refractivity contribution in [3.8, 4) is 0 Å². The van der Waals surface area contributed by atoms with E-state index in [0.29, 0.717) is 13.1 Å². The molecule has 1 atom stereocenters. The van der Waals surface area contributed by atoms with Gasteiger partial charge in [0.25, 0.3) is 0 Å². The van der Waals surface area contributed by atoms with Gasteiger partial charge in [0.1, 0.15) is 5.82 Å². The summed E-state index contributed by atoms with van der Waals surface area (Å²) in [6.07, 6.45) is 2.43. The summed E-state index contributed by atoms with van der Waals surface area (Å²) >= 11 is 0. The Labute approximate surface area is 160 Å². The molecule has 0 radical (unpaired) electrons. The number of rotatable bonds is 7. The van der Waals surface area contributed by atoms with E-state index in [0.717, 1.165) is 29.9 Å². The van der Waals surface area contributed by atoms with Crippen LogP contribution in [0.15, 0.2) is 30.6 Å². The second-order valence-corrected chi connectivity index (χ2v) is 8.48. The molecule has 1 unspecified atom stereocenters. The van der Waals surface area contributed by atoms with Crippen LogP contribution in [0.4, 0.5) is 4.39 Å². The Kier molecular flexibility index (Phi) is 5.12. The zero-order valence-corrected chi connectivity index (χ0v) is 16.8. The van der Waals surface area contributed by atoms with Crippen LogP contribution in [-0.2, 0) is 16.8 Å². The van der Waals surface area contributed by atoms with Crippen LogP contribution < -0.4 is 0 Å². The van der Waals surface area contributed by atoms with Crippen LogP contribution in [0.25, 0.3) is 0 Å². The second kappa shape index (κ2) is 7.08. The first-order valence-corrected chi connectivity index (χ1v) is 9.36. The van der Waals surface area contributed by atoms with Crippen LogP contribution in [0.5, 0.6) is 0 Å². The van der Waals surface area contributed by atoms with E-state index in [4.69, 9.17) is 0 Å². The topological polar surface area (TPSA) is 52.2 Å². The number of amides is 1. The van der Waals surface area contributed by atoms with Crippen molar-refractivity contribution >= 4 is 5.91 Å². The van der Waals surface area contributed by atoms with Crippen molar-refractivity contribution in [2.45, 2.75) is 39.2 Å². The summed E-state index contributed by atoms with van der Waals surface area (Å²) in [4.78, 5) is 25.2. The van der Waals surface area contributed by atoms with Gasteiger partial charge in [-0.25, -0.2) is 9.37 Å². The zero-order chi connectivity index (χ0) is 19.8. The maximum atomic E-state index is 13.8. The fourth-order valence-corrected chi connectivity index (χ4v) is 3.90. The van der Waals surface area contributed by atoms with E-state index in [2.05, 4.69) is 28.7 Å². The molecule has 146 valence electrons.